The highest BCUT2D eigenvalue weighted by molar-refractivity contribution is 7.13. The molecule has 9 aromatic carbocycles. The fraction of sp³-hybridized carbons (Fsp3) is 0.157. The highest BCUT2D eigenvalue weighted by Gasteiger charge is 2.25. The summed E-state index contributed by atoms with van der Waals surface area (Å²) in [5.74, 6) is 1.03. The van der Waals surface area contributed by atoms with Crippen molar-refractivity contribution in [3.8, 4) is 45.0 Å². The third-order valence-corrected chi connectivity index (χ3v) is 20.6. The van der Waals surface area contributed by atoms with Crippen LogP contribution >= 0.6 is 11.3 Å². The normalized spacial score (nSPS) is 12.6. The third-order valence-electron chi connectivity index (χ3n) is 20.0. The molecule has 16 aromatic rings. The zero-order valence-electron chi connectivity index (χ0n) is 63.8. The van der Waals surface area contributed by atoms with Crippen molar-refractivity contribution in [1.82, 2.24) is 70.8 Å². The summed E-state index contributed by atoms with van der Waals surface area (Å²) in [6.07, 6.45) is 2.70. The van der Waals surface area contributed by atoms with Gasteiger partial charge in [0.2, 0.25) is 29.5 Å². The predicted octanol–water partition coefficient (Wildman–Crippen LogP) is 12.8. The Kier molecular flexibility index (Phi) is 23.6. The van der Waals surface area contributed by atoms with Crippen molar-refractivity contribution < 1.29 is 28.2 Å². The van der Waals surface area contributed by atoms with Gasteiger partial charge in [0.1, 0.15) is 5.76 Å². The molecule has 117 heavy (non-hydrogen) atoms. The lowest BCUT2D eigenvalue weighted by Crippen LogP contribution is -2.43. The predicted molar refractivity (Wildman–Crippen MR) is 450 cm³/mol. The molecule has 18 rings (SSSR count). The minimum Gasteiger partial charge on any atom is -0.360 e. The number of hydrogen-bond donors (Lipinski definition) is 7. The number of aryl methyl sites for hydroxylation is 2. The fourth-order valence-electron chi connectivity index (χ4n) is 14.0. The molecule has 0 spiro atoms. The van der Waals surface area contributed by atoms with Crippen LogP contribution in [0.4, 0.5) is 16.8 Å². The van der Waals surface area contributed by atoms with E-state index in [1.807, 2.05) is 180 Å². The minimum atomic E-state index is -0.217. The van der Waals surface area contributed by atoms with Crippen molar-refractivity contribution in [3.63, 3.8) is 0 Å². The Balaban J connectivity index is 0.000000124. The molecule has 2 aliphatic heterocycles. The molecule has 28 heteroatoms. The summed E-state index contributed by atoms with van der Waals surface area (Å²) in [5, 5.41) is 50.6. The Morgan fingerprint density at radius 3 is 1.21 bits per heavy atom. The average molecular weight is 1580 g/mol. The number of likely N-dealkylation sites (N-methyl/N-ethyl adjacent to an activating group) is 1. The number of thiazole rings is 1. The molecule has 0 aliphatic carbocycles. The van der Waals surface area contributed by atoms with Crippen molar-refractivity contribution in [3.05, 3.63) is 328 Å². The van der Waals surface area contributed by atoms with E-state index in [9.17, 15) is 38.4 Å². The van der Waals surface area contributed by atoms with Gasteiger partial charge in [-0.3, -0.25) is 48.6 Å². The Morgan fingerprint density at radius 2 is 0.812 bits per heavy atom. The lowest BCUT2D eigenvalue weighted by atomic mass is 10.0. The summed E-state index contributed by atoms with van der Waals surface area (Å²) in [6.45, 7) is 10.3. The fourth-order valence-corrected chi connectivity index (χ4v) is 14.5. The molecule has 4 amide bonds. The maximum atomic E-state index is 13.1. The first-order valence-corrected chi connectivity index (χ1v) is 38.5. The molecule has 0 saturated carbocycles. The van der Waals surface area contributed by atoms with Crippen LogP contribution in [0, 0.1) is 13.8 Å². The first-order valence-electron chi connectivity index (χ1n) is 37.7. The average Bonchev–Trinajstić information content (AvgIpc) is 1.58. The number of nitrogens with zero attached hydrogens (tertiary/aromatic N) is 10. The van der Waals surface area contributed by atoms with E-state index in [0.29, 0.717) is 86.4 Å². The van der Waals surface area contributed by atoms with Crippen LogP contribution in [0.2, 0.25) is 0 Å². The van der Waals surface area contributed by atoms with Crippen LogP contribution < -0.4 is 38.2 Å². The second-order valence-corrected chi connectivity index (χ2v) is 29.2. The molecule has 584 valence electrons. The summed E-state index contributed by atoms with van der Waals surface area (Å²) < 4.78 is 9.91. The van der Waals surface area contributed by atoms with Crippen LogP contribution in [0.25, 0.3) is 88.1 Å². The first-order chi connectivity index (χ1) is 56.9. The number of anilines is 3. The molecular formula is C89H77N17O10S. The molecule has 7 N–H and O–H groups in total. The van der Waals surface area contributed by atoms with Gasteiger partial charge >= 0.3 is 0 Å². The number of carbonyl (C=O) groups excluding carboxylic acids is 4. The van der Waals surface area contributed by atoms with Gasteiger partial charge in [0, 0.05) is 113 Å². The maximum absolute atomic E-state index is 13.1. The number of hydrogen-bond acceptors (Lipinski definition) is 20. The smallest absolute Gasteiger partial charge is 0.272 e. The number of fused-ring (bicyclic) bond motifs is 5. The third kappa shape index (κ3) is 19.0. The van der Waals surface area contributed by atoms with Gasteiger partial charge in [-0.1, -0.05) is 198 Å². The van der Waals surface area contributed by atoms with Crippen molar-refractivity contribution in [2.45, 2.75) is 59.2 Å². The van der Waals surface area contributed by atoms with Crippen molar-refractivity contribution in [2.75, 3.05) is 49.2 Å². The molecule has 27 nitrogen and oxygen atoms in total. The maximum Gasteiger partial charge on any atom is 0.272 e. The van der Waals surface area contributed by atoms with E-state index < -0.39 is 0 Å². The number of benzene rings is 9. The van der Waals surface area contributed by atoms with Gasteiger partial charge in [0.05, 0.1) is 75.7 Å². The molecular weight excluding hydrogens is 1500 g/mol. The number of piperazine rings is 1. The quantitative estimate of drug-likeness (QED) is 0.0445. The second kappa shape index (κ2) is 35.6. The van der Waals surface area contributed by atoms with Gasteiger partial charge in [-0.15, -0.1) is 11.3 Å². The monoisotopic (exact) mass is 1580 g/mol. The van der Waals surface area contributed by atoms with Crippen molar-refractivity contribution in [1.29, 1.82) is 0 Å². The summed E-state index contributed by atoms with van der Waals surface area (Å²) in [6, 6.07) is 70.0. The zero-order valence-corrected chi connectivity index (χ0v) is 64.6. The van der Waals surface area contributed by atoms with Crippen molar-refractivity contribution in [2.24, 2.45) is 0 Å². The molecule has 2 aliphatic rings. The lowest BCUT2D eigenvalue weighted by molar-refractivity contribution is -0.131. The molecule has 0 atom stereocenters. The largest absolute Gasteiger partial charge is 0.360 e. The van der Waals surface area contributed by atoms with E-state index in [0.717, 1.165) is 104 Å². The number of carbonyl (C=O) groups is 4. The first kappa shape index (κ1) is 77.7. The molecule has 0 bridgehead atoms. The van der Waals surface area contributed by atoms with Crippen LogP contribution in [-0.4, -0.2) is 128 Å². The Bertz CT molecular complexity index is 6360. The van der Waals surface area contributed by atoms with Gasteiger partial charge in [-0.2, -0.15) is 20.4 Å². The van der Waals surface area contributed by atoms with Gasteiger partial charge in [0.15, 0.2) is 10.9 Å². The van der Waals surface area contributed by atoms with E-state index in [2.05, 4.69) is 107 Å². The summed E-state index contributed by atoms with van der Waals surface area (Å²) >= 11 is 1.38. The van der Waals surface area contributed by atoms with Gasteiger partial charge in [-0.25, -0.2) is 25.4 Å². The van der Waals surface area contributed by atoms with E-state index in [1.54, 1.807) is 56.4 Å². The topological polar surface area (TPSA) is 362 Å². The van der Waals surface area contributed by atoms with Crippen molar-refractivity contribution >= 4 is 94.9 Å². The van der Waals surface area contributed by atoms with E-state index in [4.69, 9.17) is 9.05 Å². The number of amides is 4. The Labute approximate surface area is 671 Å². The number of nitrogens with one attached hydrogen (secondary N) is 7. The summed E-state index contributed by atoms with van der Waals surface area (Å²) in [7, 11) is 2.18. The van der Waals surface area contributed by atoms with Crippen LogP contribution in [0.3, 0.4) is 0 Å². The molecule has 7 aromatic heterocycles. The summed E-state index contributed by atoms with van der Waals surface area (Å²) in [4.78, 5) is 108. The highest BCUT2D eigenvalue weighted by Crippen LogP contribution is 2.31. The second-order valence-electron chi connectivity index (χ2n) is 28.4. The van der Waals surface area contributed by atoms with Gasteiger partial charge in [0.25, 0.3) is 22.2 Å². The SMILES string of the molecule is CN1CCN(Cc2ccc3c(c2)CN(C(=O)Cc2ccc(-c4n[nH]c(=O)c5ccccc45)cc2)C3)CC1.Cc1cc(NC(=O)Cc2ccc(-c3n[nH]c(=O)c4ccccc34)cc2)no1.Cc1cc(NC(=O)Cc2ccc(-c3n[nH]c(=O)c4ccccc34)cc2)on1.O=C(Cc1ccc(-c2n[nH]c(=O)c3ccccc23)cc1)Nc1nccs1. The van der Waals surface area contributed by atoms with Crippen LogP contribution in [0.1, 0.15) is 50.4 Å². The molecule has 1 saturated heterocycles. The van der Waals surface area contributed by atoms with E-state index in [1.165, 1.54) is 28.0 Å². The zero-order chi connectivity index (χ0) is 80.9. The standard InChI is InChI=1S/C30H31N5O2.2C20H16N4O3.C19H14N4O2S/c1-33-12-14-34(15-13-33)18-22-8-11-24-19-35(20-25(24)16-22)28(36)17-21-6-9-23(10-7-21)29-26-4-2-3-5-27(26)30(37)32-31-29;1-12-10-18(27-24-12)21-17(25)11-13-6-8-14(9-7-13)19-15-4-2-3-5-16(15)20(26)23-22-19;1-12-10-17(24-27-12)21-18(25)11-13-6-8-14(9-7-13)19-15-4-2-3-5-16(15)20(26)23-22-19;24-16(21-19-20-9-10-26-19)11-12-5-7-13(8-6-12)17-14-3-1-2-4-15(14)18(25)23-22-17/h2-11,16H,12-15,17-20H2,1H3,(H,32,37);2-10H,11H2,1H3,(H,21,25)(H,23,26);2-10H,11H2,1H3,(H,23,26)(H,21,24,25);1-10H,11H2,(H,23,25)(H,20,21,24). The molecule has 0 unspecified atom stereocenters. The van der Waals surface area contributed by atoms with Gasteiger partial charge in [-0.05, 0) is 84.1 Å². The number of H-pyrrole nitrogens is 4. The number of rotatable bonds is 17. The van der Waals surface area contributed by atoms with E-state index >= 15 is 0 Å². The molecule has 1 fully saturated rings. The van der Waals surface area contributed by atoms with Crippen LogP contribution in [-0.2, 0) is 64.5 Å². The summed E-state index contributed by atoms with van der Waals surface area (Å²) in [5.41, 5.74) is 13.6. The lowest BCUT2D eigenvalue weighted by Gasteiger charge is -2.32. The Hall–Kier alpha value is -14.6. The molecule has 9 heterocycles. The molecule has 0 radical (unpaired) electrons. The van der Waals surface area contributed by atoms with Gasteiger partial charge < -0.3 is 29.5 Å². The van der Waals surface area contributed by atoms with Crippen LogP contribution in [0.5, 0.6) is 0 Å². The number of aromatic amines is 4. The highest BCUT2D eigenvalue weighted by atomic mass is 32.1. The number of aromatic nitrogens is 11. The van der Waals surface area contributed by atoms with E-state index in [-0.39, 0.29) is 65.1 Å². The minimum absolute atomic E-state index is 0.111. The van der Waals surface area contributed by atoms with Crippen LogP contribution in [0.15, 0.2) is 264 Å². The Morgan fingerprint density at radius 1 is 0.419 bits per heavy atom.